The van der Waals surface area contributed by atoms with Crippen molar-refractivity contribution in [1.82, 2.24) is 0 Å². The lowest BCUT2D eigenvalue weighted by atomic mass is 9.97. The summed E-state index contributed by atoms with van der Waals surface area (Å²) in [5.74, 6) is -0.779. The Labute approximate surface area is 114 Å². The number of fused-ring (bicyclic) bond motifs is 5. The molecule has 0 aliphatic rings. The van der Waals surface area contributed by atoms with Crippen molar-refractivity contribution in [2.45, 2.75) is 0 Å². The van der Waals surface area contributed by atoms with E-state index in [9.17, 15) is 8.78 Å². The molecule has 4 aromatic carbocycles. The SMILES string of the molecule is Fc1ccc(F)c2c1ccc1c3ccccc3ccc12. The molecule has 0 bridgehead atoms. The van der Waals surface area contributed by atoms with Gasteiger partial charge >= 0.3 is 0 Å². The predicted molar refractivity (Wildman–Crippen MR) is 78.9 cm³/mol. The molecule has 4 aromatic rings. The summed E-state index contributed by atoms with van der Waals surface area (Å²) in [7, 11) is 0. The van der Waals surface area contributed by atoms with Crippen molar-refractivity contribution in [3.8, 4) is 0 Å². The van der Waals surface area contributed by atoms with Gasteiger partial charge in [0.15, 0.2) is 0 Å². The first-order valence-electron chi connectivity index (χ1n) is 6.44. The van der Waals surface area contributed by atoms with Crippen molar-refractivity contribution >= 4 is 32.3 Å². The van der Waals surface area contributed by atoms with E-state index in [4.69, 9.17) is 0 Å². The minimum Gasteiger partial charge on any atom is -0.206 e. The summed E-state index contributed by atoms with van der Waals surface area (Å²) in [5.41, 5.74) is 0. The molecule has 0 aliphatic heterocycles. The lowest BCUT2D eigenvalue weighted by Gasteiger charge is -2.08. The molecule has 0 saturated heterocycles. The number of benzene rings is 4. The molecule has 0 saturated carbocycles. The quantitative estimate of drug-likeness (QED) is 0.372. The third kappa shape index (κ3) is 1.45. The summed E-state index contributed by atoms with van der Waals surface area (Å²) < 4.78 is 28.0. The summed E-state index contributed by atoms with van der Waals surface area (Å²) in [5, 5.41) is 4.52. The molecule has 0 aliphatic carbocycles. The van der Waals surface area contributed by atoms with E-state index in [1.165, 1.54) is 12.1 Å². The molecule has 0 heterocycles. The smallest absolute Gasteiger partial charge is 0.131 e. The van der Waals surface area contributed by atoms with Crippen LogP contribution in [0, 0.1) is 11.6 Å². The van der Waals surface area contributed by atoms with E-state index in [-0.39, 0.29) is 5.82 Å². The molecule has 0 unspecified atom stereocenters. The fourth-order valence-corrected chi connectivity index (χ4v) is 2.86. The van der Waals surface area contributed by atoms with E-state index in [1.54, 1.807) is 6.07 Å². The second kappa shape index (κ2) is 4.01. The van der Waals surface area contributed by atoms with Gasteiger partial charge in [-0.3, -0.25) is 0 Å². The molecule has 20 heavy (non-hydrogen) atoms. The van der Waals surface area contributed by atoms with Crippen LogP contribution in [0.3, 0.4) is 0 Å². The topological polar surface area (TPSA) is 0 Å². The van der Waals surface area contributed by atoms with Gasteiger partial charge in [0, 0.05) is 10.8 Å². The van der Waals surface area contributed by atoms with Crippen molar-refractivity contribution in [2.75, 3.05) is 0 Å². The van der Waals surface area contributed by atoms with Crippen LogP contribution < -0.4 is 0 Å². The Morgan fingerprint density at radius 1 is 0.500 bits per heavy atom. The minimum atomic E-state index is -0.392. The standard InChI is InChI=1S/C18H10F2/c19-16-9-10-17(20)18-14-6-5-11-3-1-2-4-12(11)13(14)7-8-15(16)18/h1-10H. The van der Waals surface area contributed by atoms with Gasteiger partial charge in [0.05, 0.1) is 0 Å². The Morgan fingerprint density at radius 3 is 2.10 bits per heavy atom. The number of hydrogen-bond donors (Lipinski definition) is 0. The Hall–Kier alpha value is -2.48. The van der Waals surface area contributed by atoms with Crippen LogP contribution in [0.5, 0.6) is 0 Å². The van der Waals surface area contributed by atoms with Crippen LogP contribution in [0.1, 0.15) is 0 Å². The van der Waals surface area contributed by atoms with E-state index in [1.807, 2.05) is 42.5 Å². The molecule has 0 atom stereocenters. The van der Waals surface area contributed by atoms with Gasteiger partial charge in [-0.25, -0.2) is 8.78 Å². The lowest BCUT2D eigenvalue weighted by Crippen LogP contribution is -1.87. The zero-order valence-electron chi connectivity index (χ0n) is 10.5. The maximum atomic E-state index is 14.1. The molecule has 0 N–H and O–H groups in total. The van der Waals surface area contributed by atoms with E-state index < -0.39 is 5.82 Å². The van der Waals surface area contributed by atoms with Crippen molar-refractivity contribution in [3.63, 3.8) is 0 Å². The first kappa shape index (κ1) is 11.4. The molecule has 0 nitrogen and oxygen atoms in total. The highest BCUT2D eigenvalue weighted by atomic mass is 19.1. The highest BCUT2D eigenvalue weighted by Gasteiger charge is 2.10. The average molecular weight is 264 g/mol. The van der Waals surface area contributed by atoms with Gasteiger partial charge in [-0.05, 0) is 33.7 Å². The van der Waals surface area contributed by atoms with Gasteiger partial charge < -0.3 is 0 Å². The van der Waals surface area contributed by atoms with Crippen LogP contribution in [0.4, 0.5) is 8.78 Å². The van der Waals surface area contributed by atoms with Gasteiger partial charge in [-0.2, -0.15) is 0 Å². The van der Waals surface area contributed by atoms with Crippen LogP contribution in [0.25, 0.3) is 32.3 Å². The summed E-state index contributed by atoms with van der Waals surface area (Å²) in [6.07, 6.45) is 0. The molecular formula is C18H10F2. The van der Waals surface area contributed by atoms with Crippen molar-refractivity contribution < 1.29 is 8.78 Å². The molecule has 0 radical (unpaired) electrons. The zero-order valence-corrected chi connectivity index (χ0v) is 10.5. The fourth-order valence-electron chi connectivity index (χ4n) is 2.86. The molecule has 0 spiro atoms. The molecule has 0 aromatic heterocycles. The van der Waals surface area contributed by atoms with Crippen LogP contribution >= 0.6 is 0 Å². The Bertz CT molecular complexity index is 971. The van der Waals surface area contributed by atoms with Crippen molar-refractivity contribution in [2.24, 2.45) is 0 Å². The highest BCUT2D eigenvalue weighted by molar-refractivity contribution is 6.17. The average Bonchev–Trinajstić information content (AvgIpc) is 2.50. The van der Waals surface area contributed by atoms with E-state index in [0.29, 0.717) is 10.8 Å². The van der Waals surface area contributed by atoms with Gasteiger partial charge in [-0.1, -0.05) is 48.5 Å². The summed E-state index contributed by atoms with van der Waals surface area (Å²) in [6, 6.07) is 17.6. The van der Waals surface area contributed by atoms with Gasteiger partial charge in [0.1, 0.15) is 11.6 Å². The van der Waals surface area contributed by atoms with E-state index in [0.717, 1.165) is 21.5 Å². The Kier molecular flexibility index (Phi) is 2.27. The lowest BCUT2D eigenvalue weighted by molar-refractivity contribution is 0.618. The first-order chi connectivity index (χ1) is 9.75. The van der Waals surface area contributed by atoms with Crippen LogP contribution in [-0.4, -0.2) is 0 Å². The van der Waals surface area contributed by atoms with Crippen LogP contribution in [0.2, 0.25) is 0 Å². The molecule has 0 amide bonds. The molecule has 0 fully saturated rings. The van der Waals surface area contributed by atoms with Gasteiger partial charge in [0.2, 0.25) is 0 Å². The largest absolute Gasteiger partial charge is 0.206 e. The van der Waals surface area contributed by atoms with Crippen LogP contribution in [0.15, 0.2) is 60.7 Å². The molecule has 2 heteroatoms. The summed E-state index contributed by atoms with van der Waals surface area (Å²) >= 11 is 0. The number of hydrogen-bond acceptors (Lipinski definition) is 0. The van der Waals surface area contributed by atoms with Crippen molar-refractivity contribution in [3.05, 3.63) is 72.3 Å². The van der Waals surface area contributed by atoms with Crippen molar-refractivity contribution in [1.29, 1.82) is 0 Å². The van der Waals surface area contributed by atoms with E-state index in [2.05, 4.69) is 0 Å². The monoisotopic (exact) mass is 264 g/mol. The highest BCUT2D eigenvalue weighted by Crippen LogP contribution is 2.33. The zero-order chi connectivity index (χ0) is 13.7. The first-order valence-corrected chi connectivity index (χ1v) is 6.44. The van der Waals surface area contributed by atoms with E-state index >= 15 is 0 Å². The van der Waals surface area contributed by atoms with Gasteiger partial charge in [0.25, 0.3) is 0 Å². The number of halogens is 2. The maximum Gasteiger partial charge on any atom is 0.131 e. The fraction of sp³-hybridized carbons (Fsp3) is 0. The third-order valence-electron chi connectivity index (χ3n) is 3.80. The molecular weight excluding hydrogens is 254 g/mol. The molecule has 96 valence electrons. The second-order valence-corrected chi connectivity index (χ2v) is 4.90. The summed E-state index contributed by atoms with van der Waals surface area (Å²) in [6.45, 7) is 0. The van der Waals surface area contributed by atoms with Crippen LogP contribution in [-0.2, 0) is 0 Å². The predicted octanol–water partition coefficient (Wildman–Crippen LogP) is 5.42. The Morgan fingerprint density at radius 2 is 1.20 bits per heavy atom. The molecule has 4 rings (SSSR count). The third-order valence-corrected chi connectivity index (χ3v) is 3.80. The summed E-state index contributed by atoms with van der Waals surface area (Å²) in [4.78, 5) is 0. The van der Waals surface area contributed by atoms with Gasteiger partial charge in [-0.15, -0.1) is 0 Å². The normalized spacial score (nSPS) is 11.5. The maximum absolute atomic E-state index is 14.1. The Balaban J connectivity index is 2.32. The minimum absolute atomic E-state index is 0.327. The second-order valence-electron chi connectivity index (χ2n) is 4.90. The number of rotatable bonds is 0.